The number of nitrogens with zero attached hydrogens (tertiary/aromatic N) is 3. The van der Waals surface area contributed by atoms with Crippen LogP contribution in [-0.4, -0.2) is 32.3 Å². The van der Waals surface area contributed by atoms with E-state index in [1.54, 1.807) is 13.3 Å². The van der Waals surface area contributed by atoms with Gasteiger partial charge in [-0.2, -0.15) is 5.26 Å². The molecule has 0 N–H and O–H groups in total. The molecule has 0 amide bonds. The Morgan fingerprint density at radius 1 is 1.60 bits per heavy atom. The number of methoxy groups -OCH3 is 1. The van der Waals surface area contributed by atoms with E-state index in [9.17, 15) is 0 Å². The molecule has 0 aliphatic carbocycles. The van der Waals surface area contributed by atoms with Gasteiger partial charge < -0.3 is 9.64 Å². The first-order valence-corrected chi connectivity index (χ1v) is 4.84. The van der Waals surface area contributed by atoms with Crippen molar-refractivity contribution >= 4 is 5.69 Å². The van der Waals surface area contributed by atoms with Crippen molar-refractivity contribution in [2.24, 2.45) is 0 Å². The average molecular weight is 205 g/mol. The lowest BCUT2D eigenvalue weighted by atomic mass is 10.2. The first-order chi connectivity index (χ1) is 7.29. The van der Waals surface area contributed by atoms with Gasteiger partial charge in [-0.3, -0.25) is 0 Å². The van der Waals surface area contributed by atoms with Crippen LogP contribution >= 0.6 is 0 Å². The molecule has 0 saturated carbocycles. The third kappa shape index (κ3) is 3.22. The summed E-state index contributed by atoms with van der Waals surface area (Å²) in [6, 6.07) is 5.82. The van der Waals surface area contributed by atoms with Gasteiger partial charge in [-0.25, -0.2) is 4.98 Å². The van der Waals surface area contributed by atoms with Crippen LogP contribution in [0, 0.1) is 11.3 Å². The fourth-order valence-electron chi connectivity index (χ4n) is 1.36. The lowest BCUT2D eigenvalue weighted by molar-refractivity contribution is 0.196. The van der Waals surface area contributed by atoms with E-state index < -0.39 is 0 Å². The minimum absolute atomic E-state index is 0.470. The van der Waals surface area contributed by atoms with E-state index in [1.165, 1.54) is 0 Å². The van der Waals surface area contributed by atoms with E-state index in [1.807, 2.05) is 24.1 Å². The molecule has 1 aromatic heterocycles. The molecule has 0 saturated heterocycles. The summed E-state index contributed by atoms with van der Waals surface area (Å²) in [7, 11) is 3.64. The van der Waals surface area contributed by atoms with Crippen LogP contribution in [-0.2, 0) is 4.74 Å². The second-order valence-corrected chi connectivity index (χ2v) is 3.25. The zero-order valence-electron chi connectivity index (χ0n) is 9.10. The molecule has 0 aliphatic heterocycles. The number of aromatic nitrogens is 1. The summed E-state index contributed by atoms with van der Waals surface area (Å²) in [5.74, 6) is 0. The summed E-state index contributed by atoms with van der Waals surface area (Å²) in [5.41, 5.74) is 1.34. The van der Waals surface area contributed by atoms with Gasteiger partial charge in [-0.15, -0.1) is 0 Å². The molecule has 4 heteroatoms. The van der Waals surface area contributed by atoms with E-state index in [0.29, 0.717) is 5.69 Å². The first kappa shape index (κ1) is 11.5. The molecule has 15 heavy (non-hydrogen) atoms. The van der Waals surface area contributed by atoms with Gasteiger partial charge >= 0.3 is 0 Å². The quantitative estimate of drug-likeness (QED) is 0.682. The molecule has 0 atom stereocenters. The Kier molecular flexibility index (Phi) is 4.58. The number of nitriles is 1. The van der Waals surface area contributed by atoms with E-state index in [-0.39, 0.29) is 0 Å². The minimum Gasteiger partial charge on any atom is -0.385 e. The number of hydrogen-bond acceptors (Lipinski definition) is 4. The van der Waals surface area contributed by atoms with E-state index in [2.05, 4.69) is 11.1 Å². The number of pyridine rings is 1. The lowest BCUT2D eigenvalue weighted by Gasteiger charge is -2.19. The molecule has 80 valence electrons. The highest BCUT2D eigenvalue weighted by Gasteiger charge is 2.06. The summed E-state index contributed by atoms with van der Waals surface area (Å²) in [6.45, 7) is 1.58. The molecule has 1 aromatic rings. The maximum Gasteiger partial charge on any atom is 0.163 e. The SMILES string of the molecule is COCCCN(C)c1cccnc1C#N. The number of hydrogen-bond donors (Lipinski definition) is 0. The minimum atomic E-state index is 0.470. The summed E-state index contributed by atoms with van der Waals surface area (Å²) < 4.78 is 4.98. The van der Waals surface area contributed by atoms with Crippen molar-refractivity contribution in [2.75, 3.05) is 32.2 Å². The van der Waals surface area contributed by atoms with Crippen molar-refractivity contribution in [3.05, 3.63) is 24.0 Å². The average Bonchev–Trinajstić information content (AvgIpc) is 2.29. The molecule has 0 aromatic carbocycles. The lowest BCUT2D eigenvalue weighted by Crippen LogP contribution is -2.20. The monoisotopic (exact) mass is 205 g/mol. The van der Waals surface area contributed by atoms with Gasteiger partial charge in [0.2, 0.25) is 0 Å². The van der Waals surface area contributed by atoms with Crippen LogP contribution in [0.5, 0.6) is 0 Å². The molecule has 0 bridgehead atoms. The molecule has 0 radical (unpaired) electrons. The molecule has 1 heterocycles. The van der Waals surface area contributed by atoms with Crippen LogP contribution < -0.4 is 4.90 Å². The fraction of sp³-hybridized carbons (Fsp3) is 0.455. The summed E-state index contributed by atoms with van der Waals surface area (Å²) in [6.07, 6.45) is 2.57. The van der Waals surface area contributed by atoms with E-state index in [0.717, 1.165) is 25.3 Å². The van der Waals surface area contributed by atoms with Crippen LogP contribution in [0.2, 0.25) is 0 Å². The van der Waals surface area contributed by atoms with Gasteiger partial charge in [0.15, 0.2) is 5.69 Å². The van der Waals surface area contributed by atoms with Gasteiger partial charge in [0.1, 0.15) is 6.07 Å². The van der Waals surface area contributed by atoms with Crippen LogP contribution in [0.15, 0.2) is 18.3 Å². The highest BCUT2D eigenvalue weighted by molar-refractivity contribution is 5.54. The smallest absolute Gasteiger partial charge is 0.163 e. The van der Waals surface area contributed by atoms with Crippen LogP contribution in [0.1, 0.15) is 12.1 Å². The van der Waals surface area contributed by atoms with Gasteiger partial charge in [0.25, 0.3) is 0 Å². The van der Waals surface area contributed by atoms with E-state index >= 15 is 0 Å². The molecule has 1 rings (SSSR count). The predicted molar refractivity (Wildman–Crippen MR) is 58.7 cm³/mol. The van der Waals surface area contributed by atoms with Gasteiger partial charge in [-0.05, 0) is 18.6 Å². The molecular formula is C11H15N3O. The fourth-order valence-corrected chi connectivity index (χ4v) is 1.36. The van der Waals surface area contributed by atoms with Crippen molar-refractivity contribution in [1.29, 1.82) is 5.26 Å². The third-order valence-corrected chi connectivity index (χ3v) is 2.15. The van der Waals surface area contributed by atoms with Crippen molar-refractivity contribution < 1.29 is 4.74 Å². The van der Waals surface area contributed by atoms with Crippen LogP contribution in [0.3, 0.4) is 0 Å². The number of anilines is 1. The zero-order chi connectivity index (χ0) is 11.1. The molecule has 4 nitrogen and oxygen atoms in total. The maximum absolute atomic E-state index is 8.88. The molecule has 0 unspecified atom stereocenters. The molecule has 0 spiro atoms. The Hall–Kier alpha value is -1.60. The summed E-state index contributed by atoms with van der Waals surface area (Å²) in [4.78, 5) is 6.03. The van der Waals surface area contributed by atoms with Crippen molar-refractivity contribution in [2.45, 2.75) is 6.42 Å². The topological polar surface area (TPSA) is 49.1 Å². The largest absolute Gasteiger partial charge is 0.385 e. The Balaban J connectivity index is 2.65. The first-order valence-electron chi connectivity index (χ1n) is 4.84. The Labute approximate surface area is 90.1 Å². The van der Waals surface area contributed by atoms with Gasteiger partial charge in [-0.1, -0.05) is 0 Å². The highest BCUT2D eigenvalue weighted by atomic mass is 16.5. The van der Waals surface area contributed by atoms with Gasteiger partial charge in [0, 0.05) is 33.5 Å². The van der Waals surface area contributed by atoms with Crippen LogP contribution in [0.4, 0.5) is 5.69 Å². The van der Waals surface area contributed by atoms with Crippen LogP contribution in [0.25, 0.3) is 0 Å². The molecule has 0 fully saturated rings. The second-order valence-electron chi connectivity index (χ2n) is 3.25. The Bertz CT molecular complexity index is 346. The van der Waals surface area contributed by atoms with Crippen molar-refractivity contribution in [3.63, 3.8) is 0 Å². The highest BCUT2D eigenvalue weighted by Crippen LogP contribution is 2.15. The predicted octanol–water partition coefficient (Wildman–Crippen LogP) is 1.43. The molecular weight excluding hydrogens is 190 g/mol. The Morgan fingerprint density at radius 2 is 2.40 bits per heavy atom. The van der Waals surface area contributed by atoms with Crippen molar-refractivity contribution in [1.82, 2.24) is 4.98 Å². The zero-order valence-corrected chi connectivity index (χ0v) is 9.10. The standard InChI is InChI=1S/C11H15N3O/c1-14(7-4-8-15-2)11-5-3-6-13-10(11)9-12/h3,5-6H,4,7-8H2,1-2H3. The third-order valence-electron chi connectivity index (χ3n) is 2.15. The normalized spacial score (nSPS) is 9.67. The Morgan fingerprint density at radius 3 is 3.07 bits per heavy atom. The second kappa shape index (κ2) is 5.99. The molecule has 0 aliphatic rings. The maximum atomic E-state index is 8.88. The summed E-state index contributed by atoms with van der Waals surface area (Å²) in [5, 5.41) is 8.88. The number of ether oxygens (including phenoxy) is 1. The number of rotatable bonds is 5. The van der Waals surface area contributed by atoms with Gasteiger partial charge in [0.05, 0.1) is 5.69 Å². The summed E-state index contributed by atoms with van der Waals surface area (Å²) >= 11 is 0. The van der Waals surface area contributed by atoms with E-state index in [4.69, 9.17) is 10.00 Å². The van der Waals surface area contributed by atoms with Crippen molar-refractivity contribution in [3.8, 4) is 6.07 Å².